The minimum Gasteiger partial charge on any atom is -0.504 e. The fraction of sp³-hybridized carbons (Fsp3) is 0.417. The van der Waals surface area contributed by atoms with Crippen LogP contribution in [0.2, 0.25) is 0 Å². The van der Waals surface area contributed by atoms with E-state index in [4.69, 9.17) is 4.74 Å². The zero-order valence-electron chi connectivity index (χ0n) is 18.8. The Bertz CT molecular complexity index is 1400. The van der Waals surface area contributed by atoms with Crippen LogP contribution < -0.4 is 21.3 Å². The summed E-state index contributed by atoms with van der Waals surface area (Å²) in [7, 11) is 1.50. The van der Waals surface area contributed by atoms with Gasteiger partial charge in [0.1, 0.15) is 22.9 Å². The van der Waals surface area contributed by atoms with E-state index in [0.717, 1.165) is 29.9 Å². The SMILES string of the molecule is COc1cccnc1[C@@H](C)NC(=O)[C@H](CC12CC(C1)C2)n1c(=O)[nH]c2ccc(F)c(O)c2c1=O. The molecule has 2 aromatic heterocycles. The number of carbonyl (C=O) groups excluding carboxylic acids is 1. The number of aromatic hydroxyl groups is 1. The first-order valence-corrected chi connectivity index (χ1v) is 11.2. The molecule has 1 aromatic carbocycles. The Morgan fingerprint density at radius 3 is 2.74 bits per heavy atom. The van der Waals surface area contributed by atoms with E-state index >= 15 is 0 Å². The molecule has 9 nitrogen and oxygen atoms in total. The number of phenols is 1. The molecular weight excluding hydrogens is 443 g/mol. The number of halogens is 1. The highest BCUT2D eigenvalue weighted by molar-refractivity contribution is 5.85. The first-order chi connectivity index (χ1) is 16.2. The molecule has 3 fully saturated rings. The van der Waals surface area contributed by atoms with Gasteiger partial charge in [-0.1, -0.05) is 0 Å². The molecule has 1 amide bonds. The first-order valence-electron chi connectivity index (χ1n) is 11.2. The number of amides is 1. The molecule has 2 bridgehead atoms. The molecule has 10 heteroatoms. The summed E-state index contributed by atoms with van der Waals surface area (Å²) in [5, 5.41) is 12.7. The molecule has 0 aliphatic heterocycles. The van der Waals surface area contributed by atoms with Gasteiger partial charge in [0.2, 0.25) is 5.91 Å². The summed E-state index contributed by atoms with van der Waals surface area (Å²) in [6.07, 6.45) is 4.71. The Hall–Kier alpha value is -3.69. The van der Waals surface area contributed by atoms with E-state index in [9.17, 15) is 23.9 Å². The van der Waals surface area contributed by atoms with Crippen LogP contribution in [0.4, 0.5) is 4.39 Å². The summed E-state index contributed by atoms with van der Waals surface area (Å²) in [6.45, 7) is 1.73. The van der Waals surface area contributed by atoms with Gasteiger partial charge in [0.15, 0.2) is 11.6 Å². The second-order valence-corrected chi connectivity index (χ2v) is 9.44. The number of pyridine rings is 1. The van der Waals surface area contributed by atoms with Gasteiger partial charge in [0.05, 0.1) is 18.7 Å². The van der Waals surface area contributed by atoms with E-state index in [1.54, 1.807) is 25.3 Å². The molecule has 178 valence electrons. The van der Waals surface area contributed by atoms with Crippen molar-refractivity contribution < 1.29 is 19.0 Å². The van der Waals surface area contributed by atoms with Gasteiger partial charge >= 0.3 is 5.69 Å². The number of ether oxygens (including phenoxy) is 1. The highest BCUT2D eigenvalue weighted by Crippen LogP contribution is 2.67. The number of benzene rings is 1. The van der Waals surface area contributed by atoms with Crippen molar-refractivity contribution in [3.8, 4) is 11.5 Å². The lowest BCUT2D eigenvalue weighted by Gasteiger charge is -2.63. The molecule has 3 aliphatic rings. The van der Waals surface area contributed by atoms with Crippen molar-refractivity contribution in [2.75, 3.05) is 7.11 Å². The van der Waals surface area contributed by atoms with Crippen molar-refractivity contribution in [2.24, 2.45) is 11.3 Å². The van der Waals surface area contributed by atoms with Gasteiger partial charge in [-0.05, 0) is 68.2 Å². The Balaban J connectivity index is 1.56. The molecule has 34 heavy (non-hydrogen) atoms. The van der Waals surface area contributed by atoms with Crippen LogP contribution in [0.15, 0.2) is 40.1 Å². The minimum atomic E-state index is -1.14. The zero-order chi connectivity index (χ0) is 24.2. The Morgan fingerprint density at radius 1 is 1.35 bits per heavy atom. The largest absolute Gasteiger partial charge is 0.504 e. The fourth-order valence-corrected chi connectivity index (χ4v) is 5.46. The van der Waals surface area contributed by atoms with Crippen LogP contribution in [-0.2, 0) is 4.79 Å². The molecule has 2 heterocycles. The predicted molar refractivity (Wildman–Crippen MR) is 121 cm³/mol. The van der Waals surface area contributed by atoms with Crippen LogP contribution >= 0.6 is 0 Å². The fourth-order valence-electron chi connectivity index (χ4n) is 5.46. The average Bonchev–Trinajstić information content (AvgIpc) is 2.75. The molecule has 6 rings (SSSR count). The third kappa shape index (κ3) is 3.44. The van der Waals surface area contributed by atoms with Gasteiger partial charge in [0.25, 0.3) is 5.56 Å². The maximum atomic E-state index is 14.0. The highest BCUT2D eigenvalue weighted by Gasteiger charge is 2.57. The lowest BCUT2D eigenvalue weighted by Crippen LogP contribution is -2.55. The van der Waals surface area contributed by atoms with E-state index in [-0.39, 0.29) is 16.3 Å². The van der Waals surface area contributed by atoms with E-state index in [2.05, 4.69) is 15.3 Å². The molecule has 3 aromatic rings. The third-order valence-electron chi connectivity index (χ3n) is 7.22. The van der Waals surface area contributed by atoms with Crippen molar-refractivity contribution in [3.05, 3.63) is 62.8 Å². The molecule has 2 atom stereocenters. The molecule has 3 N–H and O–H groups in total. The lowest BCUT2D eigenvalue weighted by molar-refractivity contribution is -0.140. The number of rotatable bonds is 7. The quantitative estimate of drug-likeness (QED) is 0.489. The van der Waals surface area contributed by atoms with Gasteiger partial charge in [-0.3, -0.25) is 14.6 Å². The summed E-state index contributed by atoms with van der Waals surface area (Å²) in [5.41, 5.74) is -1.30. The summed E-state index contributed by atoms with van der Waals surface area (Å²) in [6, 6.07) is 3.90. The molecular formula is C24H25FN4O5. The van der Waals surface area contributed by atoms with E-state index in [1.807, 2.05) is 0 Å². The number of hydrogen-bond acceptors (Lipinski definition) is 6. The van der Waals surface area contributed by atoms with E-state index in [0.29, 0.717) is 23.8 Å². The normalized spacial score (nSPS) is 22.4. The summed E-state index contributed by atoms with van der Waals surface area (Å²) in [5.74, 6) is -1.26. The summed E-state index contributed by atoms with van der Waals surface area (Å²) in [4.78, 5) is 46.6. The molecule has 3 saturated carbocycles. The number of hydrogen-bond donors (Lipinski definition) is 3. The van der Waals surface area contributed by atoms with Gasteiger partial charge in [0, 0.05) is 6.20 Å². The Morgan fingerprint density at radius 2 is 2.09 bits per heavy atom. The van der Waals surface area contributed by atoms with Crippen molar-refractivity contribution in [1.29, 1.82) is 0 Å². The summed E-state index contributed by atoms with van der Waals surface area (Å²) >= 11 is 0. The Labute approximate surface area is 193 Å². The van der Waals surface area contributed by atoms with Crippen LogP contribution in [0.3, 0.4) is 0 Å². The van der Waals surface area contributed by atoms with Crippen LogP contribution in [0, 0.1) is 17.2 Å². The highest BCUT2D eigenvalue weighted by atomic mass is 19.1. The topological polar surface area (TPSA) is 126 Å². The molecule has 0 radical (unpaired) electrons. The van der Waals surface area contributed by atoms with Crippen molar-refractivity contribution in [1.82, 2.24) is 19.9 Å². The van der Waals surface area contributed by atoms with Crippen LogP contribution in [0.1, 0.15) is 50.4 Å². The molecule has 0 spiro atoms. The number of phenolic OH excluding ortho intramolecular Hbond substituents is 1. The van der Waals surface area contributed by atoms with E-state index in [1.165, 1.54) is 13.2 Å². The molecule has 0 saturated heterocycles. The van der Waals surface area contributed by atoms with Gasteiger partial charge < -0.3 is 20.1 Å². The predicted octanol–water partition coefficient (Wildman–Crippen LogP) is 2.55. The lowest BCUT2D eigenvalue weighted by atomic mass is 9.43. The zero-order valence-corrected chi connectivity index (χ0v) is 18.8. The number of H-pyrrole nitrogens is 1. The van der Waals surface area contributed by atoms with Gasteiger partial charge in [-0.15, -0.1) is 0 Å². The van der Waals surface area contributed by atoms with Crippen molar-refractivity contribution in [3.63, 3.8) is 0 Å². The third-order valence-corrected chi connectivity index (χ3v) is 7.22. The number of nitrogens with one attached hydrogen (secondary N) is 2. The molecule has 0 unspecified atom stereocenters. The number of methoxy groups -OCH3 is 1. The second kappa shape index (κ2) is 7.96. The standard InChI is InChI=1S/C24H25FN4O5/c1-12(19-17(34-2)4-3-7-26-19)27-21(31)16(11-24-8-13(9-24)10-24)29-22(32)18-15(28-23(29)33)6-5-14(25)20(18)30/h3-7,12-13,16,30H,8-11H2,1-2H3,(H,27,31)(H,28,33)/t12-,13?,16+,24?/m1/s1. The number of nitrogens with zero attached hydrogens (tertiary/aromatic N) is 2. The van der Waals surface area contributed by atoms with E-state index < -0.39 is 40.8 Å². The minimum absolute atomic E-state index is 0.00131. The number of aromatic amines is 1. The van der Waals surface area contributed by atoms with Crippen molar-refractivity contribution in [2.45, 2.75) is 44.7 Å². The van der Waals surface area contributed by atoms with Crippen LogP contribution in [0.5, 0.6) is 11.5 Å². The second-order valence-electron chi connectivity index (χ2n) is 9.44. The van der Waals surface area contributed by atoms with Crippen LogP contribution in [0.25, 0.3) is 10.9 Å². The maximum absolute atomic E-state index is 14.0. The van der Waals surface area contributed by atoms with Gasteiger partial charge in [-0.25, -0.2) is 13.8 Å². The number of aromatic nitrogens is 3. The van der Waals surface area contributed by atoms with Crippen molar-refractivity contribution >= 4 is 16.8 Å². The van der Waals surface area contributed by atoms with Crippen LogP contribution in [-0.4, -0.2) is 32.7 Å². The summed E-state index contributed by atoms with van der Waals surface area (Å²) < 4.78 is 20.1. The average molecular weight is 468 g/mol. The van der Waals surface area contributed by atoms with Gasteiger partial charge in [-0.2, -0.15) is 0 Å². The number of fused-ring (bicyclic) bond motifs is 1. The Kier molecular flexibility index (Phi) is 5.18. The number of carbonyl (C=O) groups is 1. The maximum Gasteiger partial charge on any atom is 0.329 e. The molecule has 3 aliphatic carbocycles. The monoisotopic (exact) mass is 468 g/mol. The smallest absolute Gasteiger partial charge is 0.329 e. The first kappa shape index (κ1) is 22.1.